The normalized spacial score (nSPS) is 12.0. The van der Waals surface area contributed by atoms with Crippen LogP contribution in [0.4, 0.5) is 0 Å². The van der Waals surface area contributed by atoms with Gasteiger partial charge in [0.15, 0.2) is 0 Å². The number of hydrogen-bond donors (Lipinski definition) is 0. The molecule has 0 heterocycles. The van der Waals surface area contributed by atoms with Crippen molar-refractivity contribution in [2.75, 3.05) is 20.1 Å². The molecule has 0 saturated carbocycles. The molecule has 0 saturated heterocycles. The largest absolute Gasteiger partial charge is 0.306 e. The molecule has 0 bridgehead atoms. The molecule has 92 valence electrons. The summed E-state index contributed by atoms with van der Waals surface area (Å²) in [5.74, 6) is 1.68. The summed E-state index contributed by atoms with van der Waals surface area (Å²) in [5, 5.41) is 0. The average molecular weight is 213 g/mol. The maximum atomic E-state index is 2.47. The fourth-order valence-electron chi connectivity index (χ4n) is 2.00. The van der Waals surface area contributed by atoms with Crippen LogP contribution in [0.25, 0.3) is 0 Å². The van der Waals surface area contributed by atoms with E-state index in [1.165, 1.54) is 45.2 Å². The van der Waals surface area contributed by atoms with Crippen LogP contribution in [0.5, 0.6) is 0 Å². The minimum absolute atomic E-state index is 0.802. The van der Waals surface area contributed by atoms with Crippen LogP contribution in [0.3, 0.4) is 0 Å². The Balaban J connectivity index is 3.16. The zero-order valence-corrected chi connectivity index (χ0v) is 11.6. The van der Waals surface area contributed by atoms with E-state index in [0.717, 1.165) is 11.8 Å². The van der Waals surface area contributed by atoms with Gasteiger partial charge in [0.25, 0.3) is 0 Å². The highest BCUT2D eigenvalue weighted by Gasteiger charge is 2.01. The van der Waals surface area contributed by atoms with Crippen LogP contribution in [0.1, 0.15) is 59.8 Å². The van der Waals surface area contributed by atoms with Gasteiger partial charge in [-0.25, -0.2) is 0 Å². The Bertz CT molecular complexity index is 129. The molecule has 0 atom stereocenters. The number of unbranched alkanes of at least 4 members (excludes halogenated alkanes) is 3. The third-order valence-corrected chi connectivity index (χ3v) is 2.75. The van der Waals surface area contributed by atoms with Gasteiger partial charge < -0.3 is 4.90 Å². The Morgan fingerprint density at radius 3 is 1.93 bits per heavy atom. The number of nitrogens with zero attached hydrogens (tertiary/aromatic N) is 1. The molecule has 0 aliphatic carbocycles. The van der Waals surface area contributed by atoms with E-state index in [1.807, 2.05) is 0 Å². The van der Waals surface area contributed by atoms with Crippen LogP contribution >= 0.6 is 0 Å². The molecule has 0 rings (SSSR count). The van der Waals surface area contributed by atoms with Crippen LogP contribution in [-0.4, -0.2) is 25.0 Å². The van der Waals surface area contributed by atoms with Gasteiger partial charge >= 0.3 is 0 Å². The molecule has 0 fully saturated rings. The zero-order valence-electron chi connectivity index (χ0n) is 11.6. The summed E-state index contributed by atoms with van der Waals surface area (Å²) in [5.41, 5.74) is 0. The van der Waals surface area contributed by atoms with Crippen LogP contribution in [-0.2, 0) is 0 Å². The Morgan fingerprint density at radius 2 is 1.40 bits per heavy atom. The van der Waals surface area contributed by atoms with Gasteiger partial charge in [0, 0.05) is 6.54 Å². The van der Waals surface area contributed by atoms with E-state index in [2.05, 4.69) is 39.6 Å². The highest BCUT2D eigenvalue weighted by atomic mass is 15.1. The van der Waals surface area contributed by atoms with Gasteiger partial charge in [0.2, 0.25) is 0 Å². The second-order valence-electron chi connectivity index (χ2n) is 5.75. The minimum Gasteiger partial charge on any atom is -0.306 e. The van der Waals surface area contributed by atoms with E-state index in [1.54, 1.807) is 0 Å². The lowest BCUT2D eigenvalue weighted by molar-refractivity contribution is 0.288. The number of hydrogen-bond acceptors (Lipinski definition) is 1. The third kappa shape index (κ3) is 11.9. The SMILES string of the molecule is CC(C)CCCCCCN(C)CC(C)C. The van der Waals surface area contributed by atoms with Crippen molar-refractivity contribution >= 4 is 0 Å². The average Bonchev–Trinajstić information content (AvgIpc) is 2.09. The van der Waals surface area contributed by atoms with Crippen molar-refractivity contribution in [3.8, 4) is 0 Å². The van der Waals surface area contributed by atoms with E-state index >= 15 is 0 Å². The van der Waals surface area contributed by atoms with E-state index in [0.29, 0.717) is 0 Å². The summed E-state index contributed by atoms with van der Waals surface area (Å²) in [6.45, 7) is 11.7. The summed E-state index contributed by atoms with van der Waals surface area (Å²) in [7, 11) is 2.24. The zero-order chi connectivity index (χ0) is 11.7. The van der Waals surface area contributed by atoms with Crippen LogP contribution in [0, 0.1) is 11.8 Å². The van der Waals surface area contributed by atoms with Crippen LogP contribution < -0.4 is 0 Å². The molecule has 0 aromatic rings. The van der Waals surface area contributed by atoms with E-state index in [9.17, 15) is 0 Å². The summed E-state index contributed by atoms with van der Waals surface area (Å²) in [4.78, 5) is 2.47. The van der Waals surface area contributed by atoms with Gasteiger partial charge in [-0.1, -0.05) is 53.4 Å². The molecule has 0 spiro atoms. The maximum absolute atomic E-state index is 2.47. The second kappa shape index (κ2) is 9.21. The smallest absolute Gasteiger partial charge is 0.000133 e. The fraction of sp³-hybridized carbons (Fsp3) is 1.00. The molecule has 0 N–H and O–H groups in total. The molecule has 1 heteroatoms. The quantitative estimate of drug-likeness (QED) is 0.519. The van der Waals surface area contributed by atoms with Gasteiger partial charge in [0.05, 0.1) is 0 Å². The van der Waals surface area contributed by atoms with Crippen molar-refractivity contribution in [2.24, 2.45) is 11.8 Å². The second-order valence-corrected chi connectivity index (χ2v) is 5.75. The molecule has 0 unspecified atom stereocenters. The highest BCUT2D eigenvalue weighted by Crippen LogP contribution is 2.09. The van der Waals surface area contributed by atoms with Crippen molar-refractivity contribution in [3.05, 3.63) is 0 Å². The van der Waals surface area contributed by atoms with Gasteiger partial charge in [0.1, 0.15) is 0 Å². The first-order chi connectivity index (χ1) is 7.02. The van der Waals surface area contributed by atoms with Crippen molar-refractivity contribution < 1.29 is 0 Å². The molecule has 0 radical (unpaired) electrons. The number of rotatable bonds is 9. The Kier molecular flexibility index (Phi) is 9.18. The Morgan fingerprint density at radius 1 is 0.800 bits per heavy atom. The van der Waals surface area contributed by atoms with Crippen LogP contribution in [0.2, 0.25) is 0 Å². The molecule has 1 nitrogen and oxygen atoms in total. The van der Waals surface area contributed by atoms with Gasteiger partial charge in [-0.05, 0) is 31.8 Å². The van der Waals surface area contributed by atoms with Crippen molar-refractivity contribution in [2.45, 2.75) is 59.8 Å². The summed E-state index contributed by atoms with van der Waals surface area (Å²) in [6, 6.07) is 0. The lowest BCUT2D eigenvalue weighted by Gasteiger charge is -2.18. The molecule has 0 aromatic heterocycles. The lowest BCUT2D eigenvalue weighted by atomic mass is 10.0. The standard InChI is InChI=1S/C14H31N/c1-13(2)10-8-6-7-9-11-15(5)12-14(3)4/h13-14H,6-12H2,1-5H3. The highest BCUT2D eigenvalue weighted by molar-refractivity contribution is 4.55. The Labute approximate surface area is 97.2 Å². The molecule has 0 aromatic carbocycles. The molecular formula is C14H31N. The predicted octanol–water partition coefficient (Wildman–Crippen LogP) is 4.18. The predicted molar refractivity (Wildman–Crippen MR) is 70.3 cm³/mol. The topological polar surface area (TPSA) is 3.24 Å². The van der Waals surface area contributed by atoms with Crippen molar-refractivity contribution in [1.29, 1.82) is 0 Å². The first kappa shape index (κ1) is 15.0. The van der Waals surface area contributed by atoms with Crippen LogP contribution in [0.15, 0.2) is 0 Å². The fourth-order valence-corrected chi connectivity index (χ4v) is 2.00. The molecule has 0 aliphatic heterocycles. The first-order valence-corrected chi connectivity index (χ1v) is 6.71. The molecule has 0 amide bonds. The van der Waals surface area contributed by atoms with Gasteiger partial charge in [-0.15, -0.1) is 0 Å². The van der Waals surface area contributed by atoms with Crippen molar-refractivity contribution in [3.63, 3.8) is 0 Å². The monoisotopic (exact) mass is 213 g/mol. The summed E-state index contributed by atoms with van der Waals surface area (Å²) >= 11 is 0. The molecule has 0 aliphatic rings. The first-order valence-electron chi connectivity index (χ1n) is 6.71. The maximum Gasteiger partial charge on any atom is 0.000133 e. The van der Waals surface area contributed by atoms with E-state index in [-0.39, 0.29) is 0 Å². The van der Waals surface area contributed by atoms with Gasteiger partial charge in [-0.3, -0.25) is 0 Å². The van der Waals surface area contributed by atoms with Crippen molar-refractivity contribution in [1.82, 2.24) is 4.90 Å². The Hall–Kier alpha value is -0.0400. The summed E-state index contributed by atoms with van der Waals surface area (Å²) in [6.07, 6.45) is 7.04. The molecular weight excluding hydrogens is 182 g/mol. The molecule has 15 heavy (non-hydrogen) atoms. The lowest BCUT2D eigenvalue weighted by Crippen LogP contribution is -2.24. The van der Waals surface area contributed by atoms with E-state index < -0.39 is 0 Å². The van der Waals surface area contributed by atoms with E-state index in [4.69, 9.17) is 0 Å². The van der Waals surface area contributed by atoms with Gasteiger partial charge in [-0.2, -0.15) is 0 Å². The third-order valence-electron chi connectivity index (χ3n) is 2.75. The summed E-state index contributed by atoms with van der Waals surface area (Å²) < 4.78 is 0. The minimum atomic E-state index is 0.802.